The summed E-state index contributed by atoms with van der Waals surface area (Å²) in [6, 6.07) is 8.06. The van der Waals surface area contributed by atoms with Gasteiger partial charge in [-0.25, -0.2) is 0 Å². The number of benzene rings is 1. The van der Waals surface area contributed by atoms with Crippen LogP contribution in [0.2, 0.25) is 0 Å². The zero-order chi connectivity index (χ0) is 12.8. The van der Waals surface area contributed by atoms with Gasteiger partial charge in [0.2, 0.25) is 0 Å². The van der Waals surface area contributed by atoms with Crippen LogP contribution < -0.4 is 0 Å². The molecular formula is C14H17NO2S. The van der Waals surface area contributed by atoms with Gasteiger partial charge in [0.25, 0.3) is 0 Å². The molecule has 0 spiro atoms. The molecular weight excluding hydrogens is 246 g/mol. The van der Waals surface area contributed by atoms with E-state index in [1.54, 1.807) is 0 Å². The first-order chi connectivity index (χ1) is 8.78. The summed E-state index contributed by atoms with van der Waals surface area (Å²) in [5.74, 6) is 7.13. The third-order valence-corrected chi connectivity index (χ3v) is 4.19. The second-order valence-electron chi connectivity index (χ2n) is 4.28. The molecule has 96 valence electrons. The molecule has 1 aromatic rings. The summed E-state index contributed by atoms with van der Waals surface area (Å²) in [5, 5.41) is 8.67. The molecule has 1 saturated heterocycles. The lowest BCUT2D eigenvalue weighted by atomic mass is 10.1. The van der Waals surface area contributed by atoms with Gasteiger partial charge < -0.3 is 5.11 Å². The van der Waals surface area contributed by atoms with E-state index in [0.717, 1.165) is 36.7 Å². The molecule has 0 atom stereocenters. The summed E-state index contributed by atoms with van der Waals surface area (Å²) in [7, 11) is -0.619. The molecule has 0 amide bonds. The van der Waals surface area contributed by atoms with Crippen molar-refractivity contribution in [1.29, 1.82) is 0 Å². The summed E-state index contributed by atoms with van der Waals surface area (Å²) < 4.78 is 11.3. The van der Waals surface area contributed by atoms with Gasteiger partial charge in [-0.15, -0.1) is 0 Å². The molecule has 2 rings (SSSR count). The lowest BCUT2D eigenvalue weighted by Crippen LogP contribution is -2.37. The lowest BCUT2D eigenvalue weighted by Gasteiger charge is -2.26. The Hall–Kier alpha value is -1.15. The van der Waals surface area contributed by atoms with Crippen LogP contribution in [0.15, 0.2) is 24.3 Å². The molecule has 1 aromatic carbocycles. The Labute approximate surface area is 110 Å². The first-order valence-electron chi connectivity index (χ1n) is 6.04. The molecule has 4 heteroatoms. The minimum atomic E-state index is -0.619. The highest BCUT2D eigenvalue weighted by Crippen LogP contribution is 2.10. The number of rotatable bonds is 2. The Kier molecular flexibility index (Phi) is 4.94. The lowest BCUT2D eigenvalue weighted by molar-refractivity contribution is 0.291. The van der Waals surface area contributed by atoms with Crippen molar-refractivity contribution < 1.29 is 9.32 Å². The molecule has 1 aliphatic heterocycles. The molecule has 0 aliphatic carbocycles. The largest absolute Gasteiger partial charge is 0.384 e. The molecule has 0 saturated carbocycles. The van der Waals surface area contributed by atoms with Crippen LogP contribution in [0.5, 0.6) is 0 Å². The summed E-state index contributed by atoms with van der Waals surface area (Å²) in [5.41, 5.74) is 2.15. The van der Waals surface area contributed by atoms with Gasteiger partial charge in [0.1, 0.15) is 6.61 Å². The van der Waals surface area contributed by atoms with E-state index in [9.17, 15) is 4.21 Å². The monoisotopic (exact) mass is 263 g/mol. The fraction of sp³-hybridized carbons (Fsp3) is 0.429. The Bertz CT molecular complexity index is 480. The first-order valence-corrected chi connectivity index (χ1v) is 7.53. The van der Waals surface area contributed by atoms with E-state index in [1.807, 2.05) is 18.2 Å². The standard InChI is InChI=1S/C14H17NO2S/c16-8-2-5-13-3-1-4-14(11-13)12-15-6-9-18(17)10-7-15/h1,3-4,11,16H,6-10,12H2. The molecule has 18 heavy (non-hydrogen) atoms. The van der Waals surface area contributed by atoms with Gasteiger partial charge in [-0.2, -0.15) is 0 Å². The minimum Gasteiger partial charge on any atom is -0.384 e. The van der Waals surface area contributed by atoms with Gasteiger partial charge in [0, 0.05) is 47.5 Å². The molecule has 1 heterocycles. The normalized spacial score (nSPS) is 17.2. The average Bonchev–Trinajstić information content (AvgIpc) is 2.40. The number of aliphatic hydroxyl groups excluding tert-OH is 1. The highest BCUT2D eigenvalue weighted by atomic mass is 32.2. The highest BCUT2D eigenvalue weighted by Gasteiger charge is 2.14. The van der Waals surface area contributed by atoms with Crippen LogP contribution in [-0.4, -0.2) is 45.4 Å². The van der Waals surface area contributed by atoms with Crippen LogP contribution in [0.25, 0.3) is 0 Å². The predicted octanol–water partition coefficient (Wildman–Crippen LogP) is 0.595. The number of hydrogen-bond acceptors (Lipinski definition) is 3. The maximum absolute atomic E-state index is 11.3. The van der Waals surface area contributed by atoms with Gasteiger partial charge in [-0.3, -0.25) is 9.11 Å². The van der Waals surface area contributed by atoms with Crippen molar-refractivity contribution in [1.82, 2.24) is 4.90 Å². The molecule has 0 radical (unpaired) electrons. The maximum Gasteiger partial charge on any atom is 0.104 e. The highest BCUT2D eigenvalue weighted by molar-refractivity contribution is 7.85. The van der Waals surface area contributed by atoms with Crippen molar-refractivity contribution in [3.63, 3.8) is 0 Å². The number of hydrogen-bond donors (Lipinski definition) is 1. The van der Waals surface area contributed by atoms with Crippen LogP contribution >= 0.6 is 0 Å². The fourth-order valence-electron chi connectivity index (χ4n) is 1.98. The Balaban J connectivity index is 1.98. The molecule has 3 nitrogen and oxygen atoms in total. The molecule has 1 N–H and O–H groups in total. The Morgan fingerprint density at radius 3 is 2.83 bits per heavy atom. The van der Waals surface area contributed by atoms with Gasteiger partial charge in [-0.05, 0) is 17.7 Å². The van der Waals surface area contributed by atoms with E-state index in [-0.39, 0.29) is 6.61 Å². The van der Waals surface area contributed by atoms with Crippen LogP contribution in [0, 0.1) is 11.8 Å². The van der Waals surface area contributed by atoms with Gasteiger partial charge in [-0.1, -0.05) is 24.0 Å². The third-order valence-electron chi connectivity index (χ3n) is 2.92. The topological polar surface area (TPSA) is 40.5 Å². The quantitative estimate of drug-likeness (QED) is 0.794. The minimum absolute atomic E-state index is 0.109. The first kappa shape index (κ1) is 13.3. The van der Waals surface area contributed by atoms with Crippen molar-refractivity contribution in [2.24, 2.45) is 0 Å². The zero-order valence-electron chi connectivity index (χ0n) is 10.3. The average molecular weight is 263 g/mol. The van der Waals surface area contributed by atoms with Crippen LogP contribution in [0.1, 0.15) is 11.1 Å². The van der Waals surface area contributed by atoms with E-state index in [2.05, 4.69) is 22.8 Å². The van der Waals surface area contributed by atoms with Crippen molar-refractivity contribution in [3.8, 4) is 11.8 Å². The summed E-state index contributed by atoms with van der Waals surface area (Å²) in [4.78, 5) is 2.32. The predicted molar refractivity (Wildman–Crippen MR) is 73.6 cm³/mol. The summed E-state index contributed by atoms with van der Waals surface area (Å²) in [6.07, 6.45) is 0. The van der Waals surface area contributed by atoms with E-state index < -0.39 is 10.8 Å². The number of nitrogens with zero attached hydrogens (tertiary/aromatic N) is 1. The molecule has 0 aromatic heterocycles. The Morgan fingerprint density at radius 1 is 1.33 bits per heavy atom. The Morgan fingerprint density at radius 2 is 2.11 bits per heavy atom. The third kappa shape index (κ3) is 3.95. The van der Waals surface area contributed by atoms with Crippen LogP contribution in [0.3, 0.4) is 0 Å². The smallest absolute Gasteiger partial charge is 0.104 e. The van der Waals surface area contributed by atoms with Crippen molar-refractivity contribution in [3.05, 3.63) is 35.4 Å². The van der Waals surface area contributed by atoms with E-state index in [4.69, 9.17) is 5.11 Å². The molecule has 1 aliphatic rings. The fourth-order valence-corrected chi connectivity index (χ4v) is 3.11. The molecule has 0 unspecified atom stereocenters. The van der Waals surface area contributed by atoms with Crippen LogP contribution in [0.4, 0.5) is 0 Å². The number of aliphatic hydroxyl groups is 1. The van der Waals surface area contributed by atoms with Crippen LogP contribution in [-0.2, 0) is 17.3 Å². The summed E-state index contributed by atoms with van der Waals surface area (Å²) in [6.45, 7) is 2.58. The second-order valence-corrected chi connectivity index (χ2v) is 5.98. The second kappa shape index (κ2) is 6.69. The van der Waals surface area contributed by atoms with E-state index in [1.165, 1.54) is 5.56 Å². The maximum atomic E-state index is 11.3. The zero-order valence-corrected chi connectivity index (χ0v) is 11.1. The van der Waals surface area contributed by atoms with Gasteiger partial charge in [0.05, 0.1) is 0 Å². The van der Waals surface area contributed by atoms with Gasteiger partial charge in [0.15, 0.2) is 0 Å². The molecule has 1 fully saturated rings. The van der Waals surface area contributed by atoms with Crippen molar-refractivity contribution in [2.45, 2.75) is 6.54 Å². The van der Waals surface area contributed by atoms with Gasteiger partial charge >= 0.3 is 0 Å². The van der Waals surface area contributed by atoms with E-state index in [0.29, 0.717) is 0 Å². The molecule has 0 bridgehead atoms. The summed E-state index contributed by atoms with van der Waals surface area (Å²) >= 11 is 0. The van der Waals surface area contributed by atoms with E-state index >= 15 is 0 Å². The van der Waals surface area contributed by atoms with Crippen molar-refractivity contribution >= 4 is 10.8 Å². The van der Waals surface area contributed by atoms with Crippen molar-refractivity contribution in [2.75, 3.05) is 31.2 Å². The SMILES string of the molecule is O=S1CCN(Cc2cccc(C#CCO)c2)CC1.